The lowest BCUT2D eigenvalue weighted by atomic mass is 10.1. The van der Waals surface area contributed by atoms with Crippen molar-refractivity contribution in [3.8, 4) is 0 Å². The first-order chi connectivity index (χ1) is 8.25. The highest BCUT2D eigenvalue weighted by Crippen LogP contribution is 2.13. The number of halogens is 1. The lowest BCUT2D eigenvalue weighted by Crippen LogP contribution is -1.93. The summed E-state index contributed by atoms with van der Waals surface area (Å²) in [5.41, 5.74) is 1.63. The lowest BCUT2D eigenvalue weighted by Gasteiger charge is -1.96. The number of hydrogen-bond acceptors (Lipinski definition) is 2. The van der Waals surface area contributed by atoms with Gasteiger partial charge in [0.25, 0.3) is 0 Å². The van der Waals surface area contributed by atoms with Crippen molar-refractivity contribution in [3.63, 3.8) is 0 Å². The minimum absolute atomic E-state index is 0.0110. The molecule has 0 aliphatic heterocycles. The Balaban J connectivity index is 2.15. The summed E-state index contributed by atoms with van der Waals surface area (Å²) >= 11 is 3.34. The zero-order chi connectivity index (χ0) is 12.1. The largest absolute Gasteiger partial charge is 0.289 e. The number of hydrogen-bond donors (Lipinski definition) is 0. The molecule has 0 atom stereocenters. The lowest BCUT2D eigenvalue weighted by molar-refractivity contribution is 0.104. The molecule has 84 valence electrons. The quantitative estimate of drug-likeness (QED) is 0.636. The molecule has 0 saturated carbocycles. The summed E-state index contributed by atoms with van der Waals surface area (Å²) in [7, 11) is 0. The second-order valence-corrected chi connectivity index (χ2v) is 4.40. The Morgan fingerprint density at radius 1 is 1.18 bits per heavy atom. The van der Waals surface area contributed by atoms with Crippen LogP contribution in [0.2, 0.25) is 0 Å². The Morgan fingerprint density at radius 3 is 2.65 bits per heavy atom. The number of allylic oxidation sites excluding steroid dienone is 1. The summed E-state index contributed by atoms with van der Waals surface area (Å²) in [5, 5.41) is 0. The highest BCUT2D eigenvalue weighted by Gasteiger charge is 2.01. The number of pyridine rings is 1. The molecule has 0 amide bonds. The number of rotatable bonds is 3. The normalized spacial score (nSPS) is 10.6. The molecule has 0 unspecified atom stereocenters. The van der Waals surface area contributed by atoms with E-state index >= 15 is 0 Å². The zero-order valence-corrected chi connectivity index (χ0v) is 10.6. The van der Waals surface area contributed by atoms with Crippen LogP contribution in [0.4, 0.5) is 0 Å². The first-order valence-corrected chi connectivity index (χ1v) is 5.93. The fourth-order valence-electron chi connectivity index (χ4n) is 1.38. The van der Waals surface area contributed by atoms with Gasteiger partial charge in [-0.3, -0.25) is 9.78 Å². The molecular formula is C14H10BrNO. The Bertz CT molecular complexity index is 549. The van der Waals surface area contributed by atoms with E-state index in [4.69, 9.17) is 0 Å². The molecule has 0 N–H and O–H groups in total. The molecule has 0 spiro atoms. The van der Waals surface area contributed by atoms with E-state index < -0.39 is 0 Å². The second-order valence-electron chi connectivity index (χ2n) is 3.49. The van der Waals surface area contributed by atoms with Crippen LogP contribution >= 0.6 is 15.9 Å². The molecule has 2 rings (SSSR count). The molecule has 1 heterocycles. The van der Waals surface area contributed by atoms with Crippen molar-refractivity contribution in [2.45, 2.75) is 0 Å². The fourth-order valence-corrected chi connectivity index (χ4v) is 1.78. The van der Waals surface area contributed by atoms with Crippen LogP contribution in [0.5, 0.6) is 0 Å². The van der Waals surface area contributed by atoms with Crippen LogP contribution < -0.4 is 0 Å². The Morgan fingerprint density at radius 2 is 1.94 bits per heavy atom. The van der Waals surface area contributed by atoms with Crippen LogP contribution in [-0.4, -0.2) is 10.8 Å². The summed E-state index contributed by atoms with van der Waals surface area (Å²) in [6, 6.07) is 11.0. The van der Waals surface area contributed by atoms with Gasteiger partial charge in [-0.25, -0.2) is 0 Å². The summed E-state index contributed by atoms with van der Waals surface area (Å²) in [5.74, 6) is -0.0110. The van der Waals surface area contributed by atoms with E-state index in [0.717, 1.165) is 10.0 Å². The number of carbonyl (C=O) groups is 1. The molecule has 3 heteroatoms. The molecular weight excluding hydrogens is 278 g/mol. The van der Waals surface area contributed by atoms with E-state index in [9.17, 15) is 4.79 Å². The molecule has 0 saturated heterocycles. The average molecular weight is 288 g/mol. The second kappa shape index (κ2) is 5.55. The van der Waals surface area contributed by atoms with Crippen molar-refractivity contribution in [3.05, 3.63) is 70.5 Å². The van der Waals surface area contributed by atoms with Crippen molar-refractivity contribution in [1.82, 2.24) is 4.98 Å². The predicted octanol–water partition coefficient (Wildman–Crippen LogP) is 3.74. The number of carbonyl (C=O) groups excluding carboxylic acids is 1. The van der Waals surface area contributed by atoms with E-state index in [0.29, 0.717) is 5.56 Å². The maximum atomic E-state index is 11.8. The smallest absolute Gasteiger partial charge is 0.185 e. The van der Waals surface area contributed by atoms with Crippen molar-refractivity contribution >= 4 is 27.8 Å². The third-order valence-corrected chi connectivity index (χ3v) is 2.74. The van der Waals surface area contributed by atoms with Gasteiger partial charge >= 0.3 is 0 Å². The van der Waals surface area contributed by atoms with Gasteiger partial charge < -0.3 is 0 Å². The minimum Gasteiger partial charge on any atom is -0.289 e. The van der Waals surface area contributed by atoms with Crippen molar-refractivity contribution < 1.29 is 4.79 Å². The van der Waals surface area contributed by atoms with Crippen LogP contribution in [0.25, 0.3) is 6.08 Å². The van der Waals surface area contributed by atoms with E-state index in [1.807, 2.05) is 24.3 Å². The summed E-state index contributed by atoms with van der Waals surface area (Å²) < 4.78 is 0.903. The standard InChI is InChI=1S/C14H10BrNO/c15-13-3-1-2-12(10-13)14(17)5-4-11-6-8-16-9-7-11/h1-10H/b5-4+. The van der Waals surface area contributed by atoms with Crippen molar-refractivity contribution in [1.29, 1.82) is 0 Å². The summed E-state index contributed by atoms with van der Waals surface area (Å²) in [6.45, 7) is 0. The minimum atomic E-state index is -0.0110. The monoisotopic (exact) mass is 287 g/mol. The molecule has 0 aliphatic rings. The molecule has 2 nitrogen and oxygen atoms in total. The molecule has 0 fully saturated rings. The van der Waals surface area contributed by atoms with E-state index in [2.05, 4.69) is 20.9 Å². The van der Waals surface area contributed by atoms with Gasteiger partial charge in [0.1, 0.15) is 0 Å². The Hall–Kier alpha value is -1.74. The molecule has 0 aliphatic carbocycles. The zero-order valence-electron chi connectivity index (χ0n) is 9.01. The molecule has 0 bridgehead atoms. The van der Waals surface area contributed by atoms with Gasteiger partial charge in [-0.15, -0.1) is 0 Å². The van der Waals surface area contributed by atoms with Gasteiger partial charge in [0, 0.05) is 22.4 Å². The van der Waals surface area contributed by atoms with E-state index in [-0.39, 0.29) is 5.78 Å². The molecule has 1 aromatic heterocycles. The summed E-state index contributed by atoms with van der Waals surface area (Å²) in [6.07, 6.45) is 6.74. The Kier molecular flexibility index (Phi) is 3.83. The number of aromatic nitrogens is 1. The van der Waals surface area contributed by atoms with E-state index in [1.54, 1.807) is 36.7 Å². The van der Waals surface area contributed by atoms with Crippen LogP contribution in [0.3, 0.4) is 0 Å². The highest BCUT2D eigenvalue weighted by molar-refractivity contribution is 9.10. The van der Waals surface area contributed by atoms with Gasteiger partial charge in [-0.2, -0.15) is 0 Å². The molecule has 17 heavy (non-hydrogen) atoms. The maximum absolute atomic E-state index is 11.8. The van der Waals surface area contributed by atoms with Crippen LogP contribution in [-0.2, 0) is 0 Å². The first-order valence-electron chi connectivity index (χ1n) is 5.14. The third-order valence-electron chi connectivity index (χ3n) is 2.24. The maximum Gasteiger partial charge on any atom is 0.185 e. The SMILES string of the molecule is O=C(/C=C/c1ccncc1)c1cccc(Br)c1. The van der Waals surface area contributed by atoms with Crippen molar-refractivity contribution in [2.75, 3.05) is 0 Å². The molecule has 0 radical (unpaired) electrons. The first kappa shape index (κ1) is 11.7. The fraction of sp³-hybridized carbons (Fsp3) is 0. The highest BCUT2D eigenvalue weighted by atomic mass is 79.9. The average Bonchev–Trinajstić information content (AvgIpc) is 2.37. The van der Waals surface area contributed by atoms with E-state index in [1.165, 1.54) is 0 Å². The summed E-state index contributed by atoms with van der Waals surface area (Å²) in [4.78, 5) is 15.8. The van der Waals surface area contributed by atoms with Gasteiger partial charge in [-0.1, -0.05) is 34.1 Å². The number of nitrogens with zero attached hydrogens (tertiary/aromatic N) is 1. The third kappa shape index (κ3) is 3.36. The van der Waals surface area contributed by atoms with Gasteiger partial charge in [-0.05, 0) is 35.9 Å². The van der Waals surface area contributed by atoms with Crippen LogP contribution in [0.1, 0.15) is 15.9 Å². The number of benzene rings is 1. The van der Waals surface area contributed by atoms with Crippen LogP contribution in [0.15, 0.2) is 59.3 Å². The van der Waals surface area contributed by atoms with Gasteiger partial charge in [0.15, 0.2) is 5.78 Å². The molecule has 2 aromatic rings. The van der Waals surface area contributed by atoms with Gasteiger partial charge in [0.2, 0.25) is 0 Å². The number of ketones is 1. The van der Waals surface area contributed by atoms with Crippen molar-refractivity contribution in [2.24, 2.45) is 0 Å². The Labute approximate surface area is 108 Å². The molecule has 1 aromatic carbocycles. The van der Waals surface area contributed by atoms with Gasteiger partial charge in [0.05, 0.1) is 0 Å². The topological polar surface area (TPSA) is 30.0 Å². The predicted molar refractivity (Wildman–Crippen MR) is 71.7 cm³/mol. The van der Waals surface area contributed by atoms with Crippen LogP contribution in [0, 0.1) is 0 Å².